The Hall–Kier alpha value is -2.63. The highest BCUT2D eigenvalue weighted by Crippen LogP contribution is 2.38. The van der Waals surface area contributed by atoms with E-state index in [2.05, 4.69) is 51.9 Å². The summed E-state index contributed by atoms with van der Waals surface area (Å²) < 4.78 is 0. The lowest BCUT2D eigenvalue weighted by molar-refractivity contribution is 0.475. The van der Waals surface area contributed by atoms with E-state index in [0.29, 0.717) is 5.82 Å². The summed E-state index contributed by atoms with van der Waals surface area (Å²) in [5.74, 6) is 0.813. The van der Waals surface area contributed by atoms with E-state index in [-0.39, 0.29) is 11.0 Å². The van der Waals surface area contributed by atoms with Gasteiger partial charge in [-0.25, -0.2) is 4.98 Å². The molecule has 0 saturated carbocycles. The Morgan fingerprint density at radius 1 is 1.12 bits per heavy atom. The van der Waals surface area contributed by atoms with E-state index in [0.717, 1.165) is 33.5 Å². The standard InChI is InChI=1S/C20H16ClN3OS/c1-2-12-6-8-13(9-7-12)16-11-26-19-17(16)18(23-20(21)24-19)22-14-4-3-5-15(25)10-14/h3-11,25H,2H2,1H3,(H,22,23,24). The van der Waals surface area contributed by atoms with Crippen molar-refractivity contribution in [1.29, 1.82) is 0 Å². The van der Waals surface area contributed by atoms with Crippen molar-refractivity contribution in [3.05, 3.63) is 64.8 Å². The number of nitrogens with zero attached hydrogens (tertiary/aromatic N) is 2. The largest absolute Gasteiger partial charge is 0.508 e. The highest BCUT2D eigenvalue weighted by atomic mass is 35.5. The van der Waals surface area contributed by atoms with E-state index in [1.165, 1.54) is 16.9 Å². The van der Waals surface area contributed by atoms with Crippen LogP contribution in [0, 0.1) is 0 Å². The van der Waals surface area contributed by atoms with Gasteiger partial charge in [-0.1, -0.05) is 37.3 Å². The van der Waals surface area contributed by atoms with Crippen molar-refractivity contribution < 1.29 is 5.11 Å². The third kappa shape index (κ3) is 3.23. The second-order valence-corrected chi connectivity index (χ2v) is 7.09. The summed E-state index contributed by atoms with van der Waals surface area (Å²) in [6.45, 7) is 2.14. The Morgan fingerprint density at radius 2 is 1.92 bits per heavy atom. The van der Waals surface area contributed by atoms with Crippen molar-refractivity contribution in [2.24, 2.45) is 0 Å². The van der Waals surface area contributed by atoms with Gasteiger partial charge in [0.1, 0.15) is 16.4 Å². The molecule has 26 heavy (non-hydrogen) atoms. The van der Waals surface area contributed by atoms with Crippen LogP contribution in [0.3, 0.4) is 0 Å². The van der Waals surface area contributed by atoms with Gasteiger partial charge in [0.05, 0.1) is 5.39 Å². The average molecular weight is 382 g/mol. The van der Waals surface area contributed by atoms with Crippen molar-refractivity contribution in [1.82, 2.24) is 9.97 Å². The number of phenols is 1. The van der Waals surface area contributed by atoms with Gasteiger partial charge < -0.3 is 10.4 Å². The number of nitrogens with one attached hydrogen (secondary N) is 1. The number of hydrogen-bond donors (Lipinski definition) is 2. The van der Waals surface area contributed by atoms with Crippen LogP contribution < -0.4 is 5.32 Å². The number of thiophene rings is 1. The molecule has 0 radical (unpaired) electrons. The molecule has 4 nitrogen and oxygen atoms in total. The molecule has 130 valence electrons. The molecular weight excluding hydrogens is 366 g/mol. The third-order valence-electron chi connectivity index (χ3n) is 4.19. The SMILES string of the molecule is CCc1ccc(-c2csc3nc(Cl)nc(Nc4cccc(O)c4)c23)cc1. The summed E-state index contributed by atoms with van der Waals surface area (Å²) in [5, 5.41) is 16.1. The molecule has 0 fully saturated rings. The Kier molecular flexibility index (Phi) is 4.49. The summed E-state index contributed by atoms with van der Waals surface area (Å²) in [4.78, 5) is 9.57. The number of aromatic hydroxyl groups is 1. The number of aromatic nitrogens is 2. The topological polar surface area (TPSA) is 58.0 Å². The molecule has 2 heterocycles. The van der Waals surface area contributed by atoms with Gasteiger partial charge in [-0.15, -0.1) is 11.3 Å². The molecule has 2 N–H and O–H groups in total. The quantitative estimate of drug-likeness (QED) is 0.424. The number of fused-ring (bicyclic) bond motifs is 1. The maximum absolute atomic E-state index is 9.70. The molecule has 0 bridgehead atoms. The molecule has 4 rings (SSSR count). The van der Waals surface area contributed by atoms with Gasteiger partial charge in [0, 0.05) is 22.7 Å². The van der Waals surface area contributed by atoms with Crippen LogP contribution in [0.25, 0.3) is 21.3 Å². The fourth-order valence-electron chi connectivity index (χ4n) is 2.86. The van der Waals surface area contributed by atoms with Crippen LogP contribution in [0.2, 0.25) is 5.28 Å². The zero-order valence-corrected chi connectivity index (χ0v) is 15.6. The van der Waals surface area contributed by atoms with Crippen molar-refractivity contribution in [3.63, 3.8) is 0 Å². The summed E-state index contributed by atoms with van der Waals surface area (Å²) in [6, 6.07) is 15.4. The lowest BCUT2D eigenvalue weighted by atomic mass is 10.0. The predicted octanol–water partition coefficient (Wildman–Crippen LogP) is 6.02. The van der Waals surface area contributed by atoms with Crippen LogP contribution in [-0.4, -0.2) is 15.1 Å². The number of phenolic OH excluding ortho intramolecular Hbond substituents is 1. The molecule has 0 aliphatic rings. The molecule has 2 aromatic heterocycles. The first kappa shape index (κ1) is 16.8. The first-order valence-electron chi connectivity index (χ1n) is 8.24. The Labute approximate surface area is 160 Å². The number of anilines is 2. The third-order valence-corrected chi connectivity index (χ3v) is 5.23. The number of hydrogen-bond acceptors (Lipinski definition) is 5. The molecule has 0 saturated heterocycles. The fraction of sp³-hybridized carbons (Fsp3) is 0.100. The van der Waals surface area contributed by atoms with E-state index >= 15 is 0 Å². The highest BCUT2D eigenvalue weighted by Gasteiger charge is 2.15. The van der Waals surface area contributed by atoms with Crippen LogP contribution in [0.15, 0.2) is 53.9 Å². The lowest BCUT2D eigenvalue weighted by Gasteiger charge is -2.10. The molecule has 0 aliphatic carbocycles. The predicted molar refractivity (Wildman–Crippen MR) is 109 cm³/mol. The van der Waals surface area contributed by atoms with Crippen LogP contribution in [0.5, 0.6) is 5.75 Å². The highest BCUT2D eigenvalue weighted by molar-refractivity contribution is 7.17. The summed E-state index contributed by atoms with van der Waals surface area (Å²) in [7, 11) is 0. The minimum absolute atomic E-state index is 0.187. The molecule has 0 unspecified atom stereocenters. The normalized spacial score (nSPS) is 11.0. The number of halogens is 1. The maximum atomic E-state index is 9.70. The maximum Gasteiger partial charge on any atom is 0.225 e. The van der Waals surface area contributed by atoms with Gasteiger partial charge in [0.2, 0.25) is 5.28 Å². The van der Waals surface area contributed by atoms with E-state index in [4.69, 9.17) is 11.6 Å². The van der Waals surface area contributed by atoms with Crippen molar-refractivity contribution in [2.75, 3.05) is 5.32 Å². The van der Waals surface area contributed by atoms with E-state index in [9.17, 15) is 5.11 Å². The minimum atomic E-state index is 0.187. The van der Waals surface area contributed by atoms with E-state index in [1.54, 1.807) is 18.2 Å². The number of rotatable bonds is 4. The number of benzene rings is 2. The van der Waals surface area contributed by atoms with Crippen LogP contribution in [0.1, 0.15) is 12.5 Å². The molecular formula is C20H16ClN3OS. The zero-order valence-electron chi connectivity index (χ0n) is 14.0. The Morgan fingerprint density at radius 3 is 2.65 bits per heavy atom. The molecule has 6 heteroatoms. The van der Waals surface area contributed by atoms with Gasteiger partial charge in [-0.05, 0) is 41.3 Å². The Bertz CT molecular complexity index is 1080. The van der Waals surface area contributed by atoms with Gasteiger partial charge >= 0.3 is 0 Å². The lowest BCUT2D eigenvalue weighted by Crippen LogP contribution is -1.96. The van der Waals surface area contributed by atoms with E-state index in [1.807, 2.05) is 6.07 Å². The molecule has 0 amide bonds. The van der Waals surface area contributed by atoms with Gasteiger partial charge in [-0.2, -0.15) is 4.98 Å². The smallest absolute Gasteiger partial charge is 0.225 e. The van der Waals surface area contributed by atoms with Crippen molar-refractivity contribution in [3.8, 4) is 16.9 Å². The average Bonchev–Trinajstić information content (AvgIpc) is 3.06. The molecule has 0 aliphatic heterocycles. The molecule has 2 aromatic carbocycles. The second-order valence-electron chi connectivity index (χ2n) is 5.90. The monoisotopic (exact) mass is 381 g/mol. The van der Waals surface area contributed by atoms with Crippen LogP contribution in [0.4, 0.5) is 11.5 Å². The van der Waals surface area contributed by atoms with Gasteiger partial charge in [0.15, 0.2) is 0 Å². The molecule has 4 aromatic rings. The first-order valence-corrected chi connectivity index (χ1v) is 9.50. The summed E-state index contributed by atoms with van der Waals surface area (Å²) in [5.41, 5.74) is 4.20. The molecule has 0 atom stereocenters. The first-order chi connectivity index (χ1) is 12.6. The van der Waals surface area contributed by atoms with Crippen LogP contribution >= 0.6 is 22.9 Å². The zero-order chi connectivity index (χ0) is 18.1. The number of aryl methyl sites for hydroxylation is 1. The van der Waals surface area contributed by atoms with E-state index < -0.39 is 0 Å². The van der Waals surface area contributed by atoms with Crippen molar-refractivity contribution >= 4 is 44.7 Å². The fourth-order valence-corrected chi connectivity index (χ4v) is 4.03. The minimum Gasteiger partial charge on any atom is -0.508 e. The van der Waals surface area contributed by atoms with Gasteiger partial charge in [0.25, 0.3) is 0 Å². The van der Waals surface area contributed by atoms with Crippen LogP contribution in [-0.2, 0) is 6.42 Å². The summed E-state index contributed by atoms with van der Waals surface area (Å²) in [6.07, 6.45) is 1.01. The Balaban J connectivity index is 1.84. The second kappa shape index (κ2) is 6.94. The molecule has 0 spiro atoms. The summed E-state index contributed by atoms with van der Waals surface area (Å²) >= 11 is 7.65. The van der Waals surface area contributed by atoms with Crippen molar-refractivity contribution in [2.45, 2.75) is 13.3 Å². The van der Waals surface area contributed by atoms with Gasteiger partial charge in [-0.3, -0.25) is 0 Å².